The van der Waals surface area contributed by atoms with Crippen molar-refractivity contribution in [3.05, 3.63) is 122 Å². The SMILES string of the molecule is C=C(COc1cc(C(F)(F)F)c(Cl)cc1NC(=O)NCc1ccc2c(c1)CN(C1CCC(=O)NC1=O)C2=O)C(=O)N1CCN(c2nc(OC[C@@H]3CCCN3C)nc3c2CCN(c2cccc4cccc(Cl)c24)C3)C[C@@H]1CC#N. The van der Waals surface area contributed by atoms with Crippen LogP contribution in [0.5, 0.6) is 11.8 Å². The van der Waals surface area contributed by atoms with Crippen molar-refractivity contribution in [3.8, 4) is 17.8 Å². The zero-order chi connectivity index (χ0) is 55.0. The fraction of sp³-hybridized carbons (Fsp3) is 0.382. The van der Waals surface area contributed by atoms with Crippen molar-refractivity contribution in [2.45, 2.75) is 82.5 Å². The van der Waals surface area contributed by atoms with E-state index in [1.807, 2.05) is 35.2 Å². The number of halogens is 5. The average Bonchev–Trinajstić information content (AvgIpc) is 4.10. The molecule has 406 valence electrons. The molecule has 4 aromatic carbocycles. The Labute approximate surface area is 457 Å². The summed E-state index contributed by atoms with van der Waals surface area (Å²) in [6.07, 6.45) is -2.05. The van der Waals surface area contributed by atoms with E-state index >= 15 is 0 Å². The minimum Gasteiger partial charge on any atom is -0.487 e. The quantitative estimate of drug-likeness (QED) is 0.0723. The van der Waals surface area contributed by atoms with Crippen LogP contribution >= 0.6 is 23.2 Å². The number of anilines is 3. The van der Waals surface area contributed by atoms with E-state index in [2.05, 4.69) is 51.5 Å². The number of likely N-dealkylation sites (N-methyl/N-ethyl adjacent to an activating group) is 1. The second kappa shape index (κ2) is 22.4. The first kappa shape index (κ1) is 53.7. The Morgan fingerprint density at radius 1 is 0.923 bits per heavy atom. The second-order valence-corrected chi connectivity index (χ2v) is 20.8. The molecule has 0 radical (unpaired) electrons. The minimum atomic E-state index is -4.91. The second-order valence-electron chi connectivity index (χ2n) is 20.0. The Balaban J connectivity index is 0.818. The molecule has 23 heteroatoms. The first-order valence-corrected chi connectivity index (χ1v) is 26.3. The van der Waals surface area contributed by atoms with Crippen molar-refractivity contribution < 1.29 is 46.6 Å². The fourth-order valence-electron chi connectivity index (χ4n) is 10.9. The van der Waals surface area contributed by atoms with Crippen LogP contribution in [0.15, 0.2) is 78.9 Å². The molecule has 5 aromatic rings. The van der Waals surface area contributed by atoms with Gasteiger partial charge in [0.1, 0.15) is 30.8 Å². The predicted molar refractivity (Wildman–Crippen MR) is 284 cm³/mol. The summed E-state index contributed by atoms with van der Waals surface area (Å²) in [6.45, 7) is 6.48. The number of alkyl halides is 3. The highest BCUT2D eigenvalue weighted by atomic mass is 35.5. The molecule has 3 atom stereocenters. The minimum absolute atomic E-state index is 0.0592. The third-order valence-electron chi connectivity index (χ3n) is 15.0. The van der Waals surface area contributed by atoms with Crippen LogP contribution in [0.1, 0.15) is 70.4 Å². The molecular weight excluding hydrogens is 1050 g/mol. The number of fused-ring (bicyclic) bond motifs is 3. The van der Waals surface area contributed by atoms with Crippen molar-refractivity contribution in [3.63, 3.8) is 0 Å². The number of carbonyl (C=O) groups excluding carboxylic acids is 5. The summed E-state index contributed by atoms with van der Waals surface area (Å²) >= 11 is 12.9. The standard InChI is InChI=1S/C55H54Cl2F3N11O7/c1-31(29-77-46-23-39(55(58,59)60)41(57)24-42(46)63-53(76)62-25-32-11-12-37-34(22-32)26-71(52(37)75)45-13-14-47(72)65-50(45)73)51(74)70-21-20-69(27-35(70)15-17-61)49-38-16-19-68(44-10-4-7-33-6-3-9-40(56)48(33)44)28-43(38)64-54(66-49)78-30-36-8-5-18-67(36)2/h3-4,6-7,9-12,22-24,35-36,45H,1,5,8,13-16,18-21,25-30H2,2H3,(H2,62,63,76)(H,65,72,73)/t35-,36-,45?/m0/s1. The molecule has 18 nitrogen and oxygen atoms in total. The highest BCUT2D eigenvalue weighted by Crippen LogP contribution is 2.42. The summed E-state index contributed by atoms with van der Waals surface area (Å²) < 4.78 is 54.8. The number of amides is 6. The van der Waals surface area contributed by atoms with Crippen LogP contribution in [0.25, 0.3) is 10.8 Å². The van der Waals surface area contributed by atoms with Crippen molar-refractivity contribution in [2.75, 3.05) is 68.1 Å². The number of carbonyl (C=O) groups is 5. The van der Waals surface area contributed by atoms with Crippen LogP contribution in [-0.4, -0.2) is 125 Å². The van der Waals surface area contributed by atoms with Gasteiger partial charge < -0.3 is 44.6 Å². The van der Waals surface area contributed by atoms with Gasteiger partial charge in [-0.25, -0.2) is 4.79 Å². The van der Waals surface area contributed by atoms with E-state index in [-0.39, 0.29) is 74.7 Å². The molecule has 0 bridgehead atoms. The zero-order valence-corrected chi connectivity index (χ0v) is 43.9. The molecule has 3 saturated heterocycles. The molecular formula is C55H54Cl2F3N11O7. The number of imide groups is 1. The van der Waals surface area contributed by atoms with Gasteiger partial charge in [-0.15, -0.1) is 0 Å². The smallest absolute Gasteiger partial charge is 0.417 e. The Morgan fingerprint density at radius 2 is 1.73 bits per heavy atom. The fourth-order valence-corrected chi connectivity index (χ4v) is 11.5. The molecule has 5 aliphatic rings. The summed E-state index contributed by atoms with van der Waals surface area (Å²) in [6, 6.07) is 18.6. The number of hydrogen-bond acceptors (Lipinski definition) is 13. The van der Waals surface area contributed by atoms with Crippen LogP contribution in [0.4, 0.5) is 35.2 Å². The van der Waals surface area contributed by atoms with Gasteiger partial charge >= 0.3 is 18.2 Å². The lowest BCUT2D eigenvalue weighted by Gasteiger charge is -2.42. The van der Waals surface area contributed by atoms with E-state index in [0.717, 1.165) is 53.2 Å². The molecule has 5 aliphatic heterocycles. The highest BCUT2D eigenvalue weighted by molar-refractivity contribution is 6.36. The number of benzene rings is 4. The molecule has 1 aromatic heterocycles. The van der Waals surface area contributed by atoms with Crippen molar-refractivity contribution >= 4 is 80.8 Å². The molecule has 0 saturated carbocycles. The number of nitriles is 1. The largest absolute Gasteiger partial charge is 0.487 e. The Bertz CT molecular complexity index is 3300. The number of piperidine rings is 1. The zero-order valence-electron chi connectivity index (χ0n) is 42.4. The number of rotatable bonds is 14. The molecule has 0 spiro atoms. The molecule has 78 heavy (non-hydrogen) atoms. The van der Waals surface area contributed by atoms with E-state index in [1.54, 1.807) is 18.2 Å². The van der Waals surface area contributed by atoms with E-state index in [1.165, 1.54) is 9.80 Å². The van der Waals surface area contributed by atoms with Crippen LogP contribution in [0, 0.1) is 11.3 Å². The van der Waals surface area contributed by atoms with E-state index in [4.69, 9.17) is 42.6 Å². The van der Waals surface area contributed by atoms with Crippen LogP contribution < -0.4 is 35.2 Å². The molecule has 0 aliphatic carbocycles. The number of piperazine rings is 1. The number of nitrogens with one attached hydrogen (secondary N) is 3. The first-order chi connectivity index (χ1) is 37.4. The van der Waals surface area contributed by atoms with Gasteiger partial charge in [0, 0.05) is 79.5 Å². The van der Waals surface area contributed by atoms with Gasteiger partial charge in [-0.3, -0.25) is 24.5 Å². The lowest BCUT2D eigenvalue weighted by atomic mass is 10.0. The van der Waals surface area contributed by atoms with E-state index in [0.29, 0.717) is 66.3 Å². The van der Waals surface area contributed by atoms with Crippen molar-refractivity contribution in [2.24, 2.45) is 0 Å². The Morgan fingerprint density at radius 3 is 2.49 bits per heavy atom. The molecule has 6 heterocycles. The lowest BCUT2D eigenvalue weighted by Crippen LogP contribution is -2.56. The van der Waals surface area contributed by atoms with Gasteiger partial charge in [0.2, 0.25) is 11.8 Å². The summed E-state index contributed by atoms with van der Waals surface area (Å²) in [5.74, 6) is -1.71. The Hall–Kier alpha value is -7.67. The predicted octanol–water partition coefficient (Wildman–Crippen LogP) is 7.64. The number of nitrogens with zero attached hydrogens (tertiary/aromatic N) is 8. The van der Waals surface area contributed by atoms with E-state index in [9.17, 15) is 42.4 Å². The molecule has 3 fully saturated rings. The number of urea groups is 1. The van der Waals surface area contributed by atoms with Gasteiger partial charge in [0.05, 0.1) is 52.1 Å². The summed E-state index contributed by atoms with van der Waals surface area (Å²) in [7, 11) is 2.07. The molecule has 1 unspecified atom stereocenters. The topological polar surface area (TPSA) is 206 Å². The van der Waals surface area contributed by atoms with Crippen molar-refractivity contribution in [1.29, 1.82) is 5.26 Å². The van der Waals surface area contributed by atoms with Gasteiger partial charge in [-0.2, -0.15) is 28.4 Å². The van der Waals surface area contributed by atoms with Crippen LogP contribution in [-0.2, 0) is 46.6 Å². The third kappa shape index (κ3) is 11.2. The van der Waals surface area contributed by atoms with Crippen LogP contribution in [0.3, 0.4) is 0 Å². The Kier molecular flexibility index (Phi) is 15.4. The van der Waals surface area contributed by atoms with Crippen molar-refractivity contribution in [1.82, 2.24) is 35.3 Å². The molecule has 10 rings (SSSR count). The van der Waals surface area contributed by atoms with Gasteiger partial charge in [-0.05, 0) is 86.1 Å². The maximum absolute atomic E-state index is 14.3. The number of aromatic nitrogens is 2. The van der Waals surface area contributed by atoms with E-state index < -0.39 is 65.0 Å². The monoisotopic (exact) mass is 1110 g/mol. The molecule has 6 amide bonds. The third-order valence-corrected chi connectivity index (χ3v) is 15.6. The maximum Gasteiger partial charge on any atom is 0.417 e. The maximum atomic E-state index is 14.3. The van der Waals surface area contributed by atoms with Gasteiger partial charge in [0.25, 0.3) is 11.8 Å². The normalized spacial score (nSPS) is 19.6. The molecule has 3 N–H and O–H groups in total. The summed E-state index contributed by atoms with van der Waals surface area (Å²) in [4.78, 5) is 84.4. The average molecular weight is 1110 g/mol. The summed E-state index contributed by atoms with van der Waals surface area (Å²) in [5.41, 5.74) is 2.63. The lowest BCUT2D eigenvalue weighted by molar-refractivity contribution is -0.138. The van der Waals surface area contributed by atoms with Gasteiger partial charge in [-0.1, -0.05) is 66.2 Å². The number of ether oxygens (including phenoxy) is 2. The van der Waals surface area contributed by atoms with Crippen LogP contribution in [0.2, 0.25) is 10.0 Å². The number of hydrogen-bond donors (Lipinski definition) is 3. The number of likely N-dealkylation sites (tertiary alicyclic amines) is 1. The first-order valence-electron chi connectivity index (χ1n) is 25.5. The van der Waals surface area contributed by atoms with Gasteiger partial charge in [0.15, 0.2) is 0 Å². The highest BCUT2D eigenvalue weighted by Gasteiger charge is 2.40. The summed E-state index contributed by atoms with van der Waals surface area (Å²) in [5, 5.41) is 19.3.